The molecule has 0 fully saturated rings. The van der Waals surface area contributed by atoms with Crippen LogP contribution in [0.2, 0.25) is 0 Å². The second kappa shape index (κ2) is 8.47. The van der Waals surface area contributed by atoms with Gasteiger partial charge in [-0.05, 0) is 20.8 Å². The Balaban J connectivity index is 2.49. The molecule has 25 heavy (non-hydrogen) atoms. The summed E-state index contributed by atoms with van der Waals surface area (Å²) >= 11 is 0. The van der Waals surface area contributed by atoms with Crippen LogP contribution < -0.4 is 4.74 Å². The quantitative estimate of drug-likeness (QED) is 0.494. The molecule has 0 amide bonds. The summed E-state index contributed by atoms with van der Waals surface area (Å²) in [6.07, 6.45) is 1.57. The molecule has 0 atom stereocenters. The molecule has 2 aromatic heterocycles. The van der Waals surface area contributed by atoms with Gasteiger partial charge in [0.15, 0.2) is 5.69 Å². The zero-order valence-corrected chi connectivity index (χ0v) is 15.7. The summed E-state index contributed by atoms with van der Waals surface area (Å²) in [7, 11) is -1.80. The van der Waals surface area contributed by atoms with E-state index in [1.54, 1.807) is 43.5 Å². The minimum Gasteiger partial charge on any atom is -0.497 e. The Morgan fingerprint density at radius 2 is 1.84 bits per heavy atom. The number of carbonyl (C=O) groups is 1. The Bertz CT molecular complexity index is 778. The number of rotatable bonds is 9. The van der Waals surface area contributed by atoms with E-state index in [1.165, 1.54) is 7.11 Å². The lowest BCUT2D eigenvalue weighted by molar-refractivity contribution is 0.0520. The van der Waals surface area contributed by atoms with Gasteiger partial charge in [0.2, 0.25) is 0 Å². The van der Waals surface area contributed by atoms with Gasteiger partial charge in [-0.25, -0.2) is 9.78 Å². The molecule has 0 aliphatic heterocycles. The molecule has 0 N–H and O–H groups in total. The van der Waals surface area contributed by atoms with Crippen molar-refractivity contribution in [2.45, 2.75) is 26.9 Å². The van der Waals surface area contributed by atoms with E-state index in [9.17, 15) is 9.36 Å². The average molecular weight is 370 g/mol. The lowest BCUT2D eigenvalue weighted by Gasteiger charge is -2.18. The van der Waals surface area contributed by atoms with E-state index in [1.807, 2.05) is 0 Å². The predicted molar refractivity (Wildman–Crippen MR) is 92.3 cm³/mol. The van der Waals surface area contributed by atoms with Gasteiger partial charge in [-0.1, -0.05) is 0 Å². The number of pyridine rings is 1. The minimum atomic E-state index is -3.32. The number of esters is 1. The van der Waals surface area contributed by atoms with E-state index in [4.69, 9.17) is 18.5 Å². The molecule has 0 spiro atoms. The Labute approximate surface area is 146 Å². The predicted octanol–water partition coefficient (Wildman–Crippen LogP) is 3.29. The molecule has 2 rings (SSSR count). The molecule has 0 aliphatic rings. The van der Waals surface area contributed by atoms with Crippen LogP contribution in [0.1, 0.15) is 37.0 Å². The third kappa shape index (κ3) is 4.60. The van der Waals surface area contributed by atoms with E-state index in [-0.39, 0.29) is 31.7 Å². The van der Waals surface area contributed by atoms with Crippen molar-refractivity contribution in [2.24, 2.45) is 0 Å². The summed E-state index contributed by atoms with van der Waals surface area (Å²) in [6, 6.07) is 3.40. The third-order valence-electron chi connectivity index (χ3n) is 3.35. The Kier molecular flexibility index (Phi) is 6.58. The summed E-state index contributed by atoms with van der Waals surface area (Å²) in [5.41, 5.74) is 1.25. The number of methoxy groups -OCH3 is 1. The molecular formula is C16H23N2O6P. The number of fused-ring (bicyclic) bond motifs is 1. The highest BCUT2D eigenvalue weighted by Gasteiger charge is 2.26. The van der Waals surface area contributed by atoms with Crippen LogP contribution in [0.5, 0.6) is 5.75 Å². The van der Waals surface area contributed by atoms with Crippen LogP contribution in [0.3, 0.4) is 0 Å². The zero-order valence-electron chi connectivity index (χ0n) is 14.9. The first-order valence-corrected chi connectivity index (χ1v) is 9.80. The zero-order chi connectivity index (χ0) is 18.4. The molecule has 0 unspecified atom stereocenters. The second-order valence-electron chi connectivity index (χ2n) is 5.07. The van der Waals surface area contributed by atoms with E-state index in [0.29, 0.717) is 17.1 Å². The molecule has 0 saturated heterocycles. The van der Waals surface area contributed by atoms with Gasteiger partial charge in [-0.15, -0.1) is 0 Å². The topological polar surface area (TPSA) is 88.4 Å². The minimum absolute atomic E-state index is 0.0288. The third-order valence-corrected chi connectivity index (χ3v) is 5.36. The van der Waals surface area contributed by atoms with Gasteiger partial charge in [-0.2, -0.15) is 0 Å². The lowest BCUT2D eigenvalue weighted by Crippen LogP contribution is -2.05. The molecular weight excluding hydrogens is 347 g/mol. The fourth-order valence-corrected chi connectivity index (χ4v) is 4.08. The average Bonchev–Trinajstić information content (AvgIpc) is 2.99. The SMILES string of the molecule is CCOC(=O)c1cn2c(CP(=O)(OCC)OCC)cc(OC)cc2n1. The molecule has 9 heteroatoms. The van der Waals surface area contributed by atoms with Crippen molar-refractivity contribution in [3.8, 4) is 5.75 Å². The van der Waals surface area contributed by atoms with Crippen LogP contribution in [0, 0.1) is 0 Å². The normalized spacial score (nSPS) is 11.7. The van der Waals surface area contributed by atoms with Crippen LogP contribution >= 0.6 is 7.60 Å². The molecule has 138 valence electrons. The number of nitrogens with zero attached hydrogens (tertiary/aromatic N) is 2. The van der Waals surface area contributed by atoms with Crippen molar-refractivity contribution in [2.75, 3.05) is 26.9 Å². The summed E-state index contributed by atoms with van der Waals surface area (Å²) in [5, 5.41) is 0. The van der Waals surface area contributed by atoms with E-state index < -0.39 is 13.6 Å². The summed E-state index contributed by atoms with van der Waals surface area (Å²) in [6.45, 7) is 6.02. The number of carbonyl (C=O) groups excluding carboxylic acids is 1. The highest BCUT2D eigenvalue weighted by atomic mass is 31.2. The van der Waals surface area contributed by atoms with Crippen LogP contribution in [-0.2, 0) is 24.5 Å². The molecule has 2 heterocycles. The number of hydrogen-bond acceptors (Lipinski definition) is 7. The Morgan fingerprint density at radius 3 is 2.40 bits per heavy atom. The van der Waals surface area contributed by atoms with Gasteiger partial charge >= 0.3 is 13.6 Å². The monoisotopic (exact) mass is 370 g/mol. The highest BCUT2D eigenvalue weighted by Crippen LogP contribution is 2.51. The number of imidazole rings is 1. The van der Waals surface area contributed by atoms with Crippen molar-refractivity contribution in [3.63, 3.8) is 0 Å². The van der Waals surface area contributed by atoms with Crippen molar-refractivity contribution >= 4 is 19.2 Å². The molecule has 0 aromatic carbocycles. The Hall–Kier alpha value is -1.89. The van der Waals surface area contributed by atoms with Gasteiger partial charge in [0.1, 0.15) is 11.4 Å². The first-order valence-electron chi connectivity index (χ1n) is 8.07. The summed E-state index contributed by atoms with van der Waals surface area (Å²) in [5.74, 6) is 0.0111. The number of hydrogen-bond donors (Lipinski definition) is 0. The maximum Gasteiger partial charge on any atom is 0.358 e. The second-order valence-corrected chi connectivity index (χ2v) is 7.12. The van der Waals surface area contributed by atoms with Gasteiger partial charge in [0, 0.05) is 24.0 Å². The van der Waals surface area contributed by atoms with E-state index in [0.717, 1.165) is 0 Å². The standard InChI is InChI=1S/C16H23N2O6P/c1-5-22-16(19)14-10-18-12(8-13(21-4)9-15(18)17-14)11-25(20,23-6-2)24-7-3/h8-10H,5-7,11H2,1-4H3. The molecule has 0 aliphatic carbocycles. The highest BCUT2D eigenvalue weighted by molar-refractivity contribution is 7.53. The largest absolute Gasteiger partial charge is 0.497 e. The molecule has 0 radical (unpaired) electrons. The van der Waals surface area contributed by atoms with Crippen molar-refractivity contribution < 1.29 is 27.9 Å². The van der Waals surface area contributed by atoms with Gasteiger partial charge < -0.3 is 22.9 Å². The van der Waals surface area contributed by atoms with E-state index in [2.05, 4.69) is 4.98 Å². The first kappa shape index (κ1) is 19.4. The molecule has 8 nitrogen and oxygen atoms in total. The van der Waals surface area contributed by atoms with Crippen LogP contribution in [0.25, 0.3) is 5.65 Å². The van der Waals surface area contributed by atoms with Crippen molar-refractivity contribution in [1.82, 2.24) is 9.38 Å². The first-order chi connectivity index (χ1) is 12.0. The van der Waals surface area contributed by atoms with E-state index >= 15 is 0 Å². The summed E-state index contributed by atoms with van der Waals surface area (Å²) in [4.78, 5) is 16.2. The molecule has 2 aromatic rings. The molecule has 0 bridgehead atoms. The fraction of sp³-hybridized carbons (Fsp3) is 0.500. The van der Waals surface area contributed by atoms with Gasteiger partial charge in [0.25, 0.3) is 0 Å². The van der Waals surface area contributed by atoms with Gasteiger partial charge in [0.05, 0.1) is 33.1 Å². The van der Waals surface area contributed by atoms with Crippen molar-refractivity contribution in [3.05, 3.63) is 29.7 Å². The van der Waals surface area contributed by atoms with Crippen LogP contribution in [-0.4, -0.2) is 42.3 Å². The summed E-state index contributed by atoms with van der Waals surface area (Å²) < 4.78 is 35.5. The van der Waals surface area contributed by atoms with Crippen LogP contribution in [0.15, 0.2) is 18.3 Å². The number of ether oxygens (including phenoxy) is 2. The lowest BCUT2D eigenvalue weighted by atomic mass is 10.3. The van der Waals surface area contributed by atoms with Gasteiger partial charge in [-0.3, -0.25) is 4.57 Å². The number of aromatic nitrogens is 2. The smallest absolute Gasteiger partial charge is 0.358 e. The van der Waals surface area contributed by atoms with Crippen LogP contribution in [0.4, 0.5) is 0 Å². The fourth-order valence-electron chi connectivity index (χ4n) is 2.39. The maximum absolute atomic E-state index is 12.9. The van der Waals surface area contributed by atoms with Crippen molar-refractivity contribution in [1.29, 1.82) is 0 Å². The molecule has 0 saturated carbocycles. The Morgan fingerprint density at radius 1 is 1.16 bits per heavy atom. The maximum atomic E-state index is 12.9.